The Kier molecular flexibility index (Phi) is 8.02. The van der Waals surface area contributed by atoms with Crippen LogP contribution in [0, 0.1) is 0 Å². The minimum absolute atomic E-state index is 0.0231. The van der Waals surface area contributed by atoms with Crippen molar-refractivity contribution in [2.24, 2.45) is 22.2 Å². The summed E-state index contributed by atoms with van der Waals surface area (Å²) in [5.41, 5.74) is 20.6. The molecule has 1 aromatic heterocycles. The lowest BCUT2D eigenvalue weighted by atomic mass is 10.1. The third kappa shape index (κ3) is 6.39. The van der Waals surface area contributed by atoms with Gasteiger partial charge < -0.3 is 32.9 Å². The molecule has 1 rings (SSSR count). The highest BCUT2D eigenvalue weighted by Crippen LogP contribution is 2.09. The first-order valence-corrected chi connectivity index (χ1v) is 7.87. The highest BCUT2D eigenvalue weighted by molar-refractivity contribution is 5.83. The number of hydrogen-bond donors (Lipinski definition) is 5. The van der Waals surface area contributed by atoms with Gasteiger partial charge in [-0.05, 0) is 18.9 Å². The summed E-state index contributed by atoms with van der Waals surface area (Å²) in [6.07, 6.45) is 1.80. The molecule has 1 atom stereocenters. The second kappa shape index (κ2) is 9.98. The third-order valence-corrected chi connectivity index (χ3v) is 3.48. The van der Waals surface area contributed by atoms with E-state index in [0.29, 0.717) is 6.42 Å². The summed E-state index contributed by atoms with van der Waals surface area (Å²) >= 11 is 0. The van der Waals surface area contributed by atoms with Crippen LogP contribution in [0.15, 0.2) is 22.1 Å². The van der Waals surface area contributed by atoms with E-state index in [1.807, 2.05) is 0 Å². The summed E-state index contributed by atoms with van der Waals surface area (Å²) in [6, 6.07) is 0.254. The Balaban J connectivity index is 2.90. The van der Waals surface area contributed by atoms with E-state index in [1.165, 1.54) is 12.3 Å². The van der Waals surface area contributed by atoms with Crippen molar-refractivity contribution in [2.75, 3.05) is 25.4 Å². The largest absolute Gasteiger partial charge is 0.480 e. The molecule has 0 radical (unpaired) electrons. The van der Waals surface area contributed by atoms with Crippen molar-refractivity contribution in [3.05, 3.63) is 22.7 Å². The van der Waals surface area contributed by atoms with Crippen LogP contribution in [0.2, 0.25) is 0 Å². The van der Waals surface area contributed by atoms with Gasteiger partial charge in [-0.3, -0.25) is 14.4 Å². The molecule has 12 heteroatoms. The zero-order valence-corrected chi connectivity index (χ0v) is 14.2. The predicted octanol–water partition coefficient (Wildman–Crippen LogP) is -2.88. The monoisotopic (exact) mass is 368 g/mol. The van der Waals surface area contributed by atoms with Gasteiger partial charge >= 0.3 is 11.7 Å². The van der Waals surface area contributed by atoms with E-state index in [1.54, 1.807) is 0 Å². The van der Waals surface area contributed by atoms with Gasteiger partial charge in [0.1, 0.15) is 18.4 Å². The van der Waals surface area contributed by atoms with Crippen molar-refractivity contribution < 1.29 is 14.7 Å². The van der Waals surface area contributed by atoms with Gasteiger partial charge in [0.25, 0.3) is 0 Å². The number of aliphatic imine (C=N–C) groups is 1. The maximum atomic E-state index is 12.5. The van der Waals surface area contributed by atoms with E-state index < -0.39 is 23.6 Å². The number of nitrogen functional groups attached to an aromatic ring is 1. The zero-order chi connectivity index (χ0) is 19.7. The summed E-state index contributed by atoms with van der Waals surface area (Å²) in [4.78, 5) is 44.3. The Morgan fingerprint density at radius 2 is 2.08 bits per heavy atom. The molecule has 0 saturated carbocycles. The number of carbonyl (C=O) groups is 2. The molecule has 0 unspecified atom stereocenters. The SMILES string of the molecule is NCCN(C(=O)Cn1ccc(N)nc1=O)[C@@H](CCCN=C(N)N)C(=O)O. The summed E-state index contributed by atoms with van der Waals surface area (Å²) < 4.78 is 1.04. The Hall–Kier alpha value is -3.15. The quantitative estimate of drug-likeness (QED) is 0.163. The number of carbonyl (C=O) groups excluding carboxylic acids is 1. The van der Waals surface area contributed by atoms with Gasteiger partial charge in [-0.25, -0.2) is 9.59 Å². The lowest BCUT2D eigenvalue weighted by Gasteiger charge is -2.28. The number of rotatable bonds is 10. The number of anilines is 1. The van der Waals surface area contributed by atoms with Crippen LogP contribution in [0.5, 0.6) is 0 Å². The number of amides is 1. The molecule has 1 heterocycles. The van der Waals surface area contributed by atoms with Gasteiger partial charge in [0.2, 0.25) is 5.91 Å². The van der Waals surface area contributed by atoms with Crippen molar-refractivity contribution in [1.82, 2.24) is 14.5 Å². The second-order valence-corrected chi connectivity index (χ2v) is 5.44. The van der Waals surface area contributed by atoms with E-state index in [4.69, 9.17) is 22.9 Å². The number of aromatic nitrogens is 2. The van der Waals surface area contributed by atoms with Gasteiger partial charge in [-0.2, -0.15) is 4.98 Å². The number of hydrogen-bond acceptors (Lipinski definition) is 7. The number of aliphatic carboxylic acids is 1. The molecule has 0 spiro atoms. The van der Waals surface area contributed by atoms with Crippen LogP contribution in [-0.2, 0) is 16.1 Å². The van der Waals surface area contributed by atoms with Crippen LogP contribution >= 0.6 is 0 Å². The number of guanidine groups is 1. The molecule has 1 amide bonds. The van der Waals surface area contributed by atoms with E-state index in [0.717, 1.165) is 9.47 Å². The van der Waals surface area contributed by atoms with Crippen molar-refractivity contribution in [1.29, 1.82) is 0 Å². The zero-order valence-electron chi connectivity index (χ0n) is 14.2. The number of carboxylic acid groups (broad SMARTS) is 1. The van der Waals surface area contributed by atoms with Crippen molar-refractivity contribution in [3.8, 4) is 0 Å². The smallest absolute Gasteiger partial charge is 0.349 e. The number of nitrogens with zero attached hydrogens (tertiary/aromatic N) is 4. The molecule has 26 heavy (non-hydrogen) atoms. The Morgan fingerprint density at radius 1 is 1.38 bits per heavy atom. The number of carboxylic acids is 1. The van der Waals surface area contributed by atoms with Gasteiger partial charge in [-0.1, -0.05) is 0 Å². The highest BCUT2D eigenvalue weighted by atomic mass is 16.4. The predicted molar refractivity (Wildman–Crippen MR) is 95.0 cm³/mol. The van der Waals surface area contributed by atoms with Crippen LogP contribution < -0.4 is 28.6 Å². The van der Waals surface area contributed by atoms with Gasteiger partial charge in [0.05, 0.1) is 0 Å². The molecule has 1 aromatic rings. The van der Waals surface area contributed by atoms with Crippen LogP contribution in [0.4, 0.5) is 5.82 Å². The molecular formula is C14H24N8O4. The Morgan fingerprint density at radius 3 is 2.62 bits per heavy atom. The van der Waals surface area contributed by atoms with E-state index >= 15 is 0 Å². The van der Waals surface area contributed by atoms with Gasteiger partial charge in [0.15, 0.2) is 5.96 Å². The normalized spacial score (nSPS) is 11.6. The Labute approximate surface area is 149 Å². The van der Waals surface area contributed by atoms with Crippen molar-refractivity contribution in [3.63, 3.8) is 0 Å². The fourth-order valence-electron chi connectivity index (χ4n) is 2.30. The Bertz CT molecular complexity index is 713. The minimum atomic E-state index is -1.18. The lowest BCUT2D eigenvalue weighted by molar-refractivity contribution is -0.150. The fourth-order valence-corrected chi connectivity index (χ4v) is 2.30. The van der Waals surface area contributed by atoms with Gasteiger partial charge in [0, 0.05) is 25.8 Å². The van der Waals surface area contributed by atoms with Crippen molar-refractivity contribution in [2.45, 2.75) is 25.4 Å². The molecule has 144 valence electrons. The summed E-state index contributed by atoms with van der Waals surface area (Å²) in [7, 11) is 0. The maximum absolute atomic E-state index is 12.5. The molecular weight excluding hydrogens is 344 g/mol. The summed E-state index contributed by atoms with van der Waals surface area (Å²) in [6.45, 7) is -0.0462. The van der Waals surface area contributed by atoms with Crippen LogP contribution in [0.3, 0.4) is 0 Å². The second-order valence-electron chi connectivity index (χ2n) is 5.44. The average molecular weight is 368 g/mol. The highest BCUT2D eigenvalue weighted by Gasteiger charge is 2.29. The van der Waals surface area contributed by atoms with Crippen LogP contribution in [0.1, 0.15) is 12.8 Å². The van der Waals surface area contributed by atoms with E-state index in [-0.39, 0.29) is 44.4 Å². The summed E-state index contributed by atoms with van der Waals surface area (Å²) in [5, 5.41) is 9.47. The number of nitrogens with two attached hydrogens (primary N) is 4. The molecule has 0 aliphatic carbocycles. The molecule has 0 bridgehead atoms. The molecule has 0 aromatic carbocycles. The molecule has 12 nitrogen and oxygen atoms in total. The first kappa shape index (κ1) is 20.9. The average Bonchev–Trinajstić information content (AvgIpc) is 2.55. The fraction of sp³-hybridized carbons (Fsp3) is 0.500. The van der Waals surface area contributed by atoms with Gasteiger partial charge in [-0.15, -0.1) is 0 Å². The van der Waals surface area contributed by atoms with Crippen LogP contribution in [-0.4, -0.2) is 63.1 Å². The standard InChI is InChI=1S/C14H24N8O4/c15-4-7-22(9(12(24)25)2-1-5-19-13(17)18)11(23)8-21-6-3-10(16)20-14(21)26/h3,6,9H,1-2,4-5,7-8,15H2,(H,24,25)(H2,16,20,26)(H4,17,18,19)/t9-/m0/s1. The van der Waals surface area contributed by atoms with E-state index in [2.05, 4.69) is 9.98 Å². The maximum Gasteiger partial charge on any atom is 0.349 e. The molecule has 0 aliphatic heterocycles. The van der Waals surface area contributed by atoms with E-state index in [9.17, 15) is 19.5 Å². The van der Waals surface area contributed by atoms with Crippen LogP contribution in [0.25, 0.3) is 0 Å². The lowest BCUT2D eigenvalue weighted by Crippen LogP contribution is -2.49. The minimum Gasteiger partial charge on any atom is -0.480 e. The molecule has 9 N–H and O–H groups in total. The molecule has 0 aliphatic rings. The van der Waals surface area contributed by atoms with Crippen molar-refractivity contribution >= 4 is 23.7 Å². The molecule has 0 saturated heterocycles. The third-order valence-electron chi connectivity index (χ3n) is 3.48. The molecule has 0 fully saturated rings. The summed E-state index contributed by atoms with van der Waals surface area (Å²) in [5.74, 6) is -1.82. The first-order chi connectivity index (χ1) is 12.3. The topological polar surface area (TPSA) is 209 Å². The first-order valence-electron chi connectivity index (χ1n) is 7.87.